The maximum absolute atomic E-state index is 13.7. The van der Waals surface area contributed by atoms with Crippen LogP contribution in [0.2, 0.25) is 36.3 Å². The van der Waals surface area contributed by atoms with Gasteiger partial charge >= 0.3 is 0 Å². The molecule has 6 nitrogen and oxygen atoms in total. The molecular weight excluding hydrogens is 483 g/mol. The summed E-state index contributed by atoms with van der Waals surface area (Å²) >= 11 is 0. The summed E-state index contributed by atoms with van der Waals surface area (Å²) in [5.41, 5.74) is -1.68. The number of carbonyl (C=O) groups excluding carboxylic acids is 1. The molecule has 1 aromatic carbocycles. The number of benzene rings is 1. The van der Waals surface area contributed by atoms with Crippen LogP contribution in [0.4, 0.5) is 0 Å². The van der Waals surface area contributed by atoms with Gasteiger partial charge in [-0.3, -0.25) is 9.00 Å². The normalized spacial score (nSPS) is 29.4. The van der Waals surface area contributed by atoms with E-state index in [9.17, 15) is 14.1 Å². The number of amides is 1. The monoisotopic (exact) mass is 525 g/mol. The highest BCUT2D eigenvalue weighted by atomic mass is 32.2. The van der Waals surface area contributed by atoms with Crippen molar-refractivity contribution in [2.75, 3.05) is 6.54 Å². The van der Waals surface area contributed by atoms with Crippen molar-refractivity contribution >= 4 is 33.3 Å². The second-order valence-electron chi connectivity index (χ2n) is 12.8. The first-order valence-electron chi connectivity index (χ1n) is 12.2. The zero-order chi connectivity index (χ0) is 25.9. The van der Waals surface area contributed by atoms with E-state index in [4.69, 9.17) is 8.85 Å². The van der Waals surface area contributed by atoms with E-state index >= 15 is 0 Å². The first-order valence-corrected chi connectivity index (χ1v) is 19.2. The van der Waals surface area contributed by atoms with Crippen molar-refractivity contribution in [3.05, 3.63) is 30.3 Å². The van der Waals surface area contributed by atoms with Crippen LogP contribution in [0.25, 0.3) is 0 Å². The van der Waals surface area contributed by atoms with Gasteiger partial charge in [-0.2, -0.15) is 0 Å². The lowest BCUT2D eigenvalue weighted by atomic mass is 10.0. The van der Waals surface area contributed by atoms with Gasteiger partial charge in [-0.25, -0.2) is 0 Å². The predicted octanol–water partition coefficient (Wildman–Crippen LogP) is 4.88. The SMILES string of the molecule is CC(C)(C)[Si](C)(C)O[C@@H]1[C@@H](O[Si](C)(C)C(C)(C)C)C(=O)N2CCC(S(=O)c3ccccc3)[C@@]12O. The number of hydrogen-bond acceptors (Lipinski definition) is 5. The van der Waals surface area contributed by atoms with E-state index in [1.165, 1.54) is 4.90 Å². The van der Waals surface area contributed by atoms with Gasteiger partial charge in [0, 0.05) is 11.4 Å². The largest absolute Gasteiger partial charge is 0.406 e. The first-order chi connectivity index (χ1) is 15.3. The average molecular weight is 526 g/mol. The number of carbonyl (C=O) groups is 1. The van der Waals surface area contributed by atoms with Crippen LogP contribution in [-0.4, -0.2) is 66.5 Å². The zero-order valence-corrected chi connectivity index (χ0v) is 25.3. The summed E-state index contributed by atoms with van der Waals surface area (Å²) < 4.78 is 27.2. The molecule has 1 N–H and O–H groups in total. The molecule has 1 amide bonds. The third-order valence-corrected chi connectivity index (χ3v) is 19.2. The minimum atomic E-state index is -2.42. The van der Waals surface area contributed by atoms with Crippen LogP contribution >= 0.6 is 0 Å². The molecule has 2 aliphatic heterocycles. The Morgan fingerprint density at radius 1 is 0.971 bits per heavy atom. The Balaban J connectivity index is 2.09. The van der Waals surface area contributed by atoms with Gasteiger partial charge in [0.2, 0.25) is 0 Å². The first kappa shape index (κ1) is 27.7. The van der Waals surface area contributed by atoms with Gasteiger partial charge in [0.1, 0.15) is 6.10 Å². The Hall–Kier alpha value is -0.846. The van der Waals surface area contributed by atoms with Gasteiger partial charge in [-0.1, -0.05) is 59.7 Å². The molecule has 1 aromatic rings. The third-order valence-electron chi connectivity index (χ3n) is 8.41. The summed E-state index contributed by atoms with van der Waals surface area (Å²) in [6, 6.07) is 9.19. The van der Waals surface area contributed by atoms with Crippen molar-refractivity contribution < 1.29 is 23.0 Å². The van der Waals surface area contributed by atoms with Crippen molar-refractivity contribution in [1.82, 2.24) is 4.90 Å². The van der Waals surface area contributed by atoms with E-state index in [0.29, 0.717) is 17.9 Å². The second-order valence-corrected chi connectivity index (χ2v) is 23.9. The van der Waals surface area contributed by atoms with E-state index < -0.39 is 50.6 Å². The van der Waals surface area contributed by atoms with Gasteiger partial charge < -0.3 is 18.9 Å². The molecule has 0 saturated carbocycles. The Morgan fingerprint density at radius 2 is 1.47 bits per heavy atom. The molecule has 0 aliphatic carbocycles. The maximum atomic E-state index is 13.7. The quantitative estimate of drug-likeness (QED) is 0.536. The summed E-state index contributed by atoms with van der Waals surface area (Å²) in [6.45, 7) is 21.6. The summed E-state index contributed by atoms with van der Waals surface area (Å²) in [7, 11) is -6.29. The number of aliphatic hydroxyl groups is 1. The second kappa shape index (κ2) is 8.92. The molecule has 5 atom stereocenters. The highest BCUT2D eigenvalue weighted by molar-refractivity contribution is 7.85. The molecule has 3 rings (SSSR count). The lowest BCUT2D eigenvalue weighted by Gasteiger charge is -2.45. The summed E-state index contributed by atoms with van der Waals surface area (Å²) in [6.07, 6.45) is -1.35. The van der Waals surface area contributed by atoms with Gasteiger partial charge in [-0.15, -0.1) is 0 Å². The summed E-state index contributed by atoms with van der Waals surface area (Å²) in [5, 5.41) is 11.4. The third kappa shape index (κ3) is 4.64. The van der Waals surface area contributed by atoms with E-state index in [0.717, 1.165) is 0 Å². The Bertz CT molecular complexity index is 941. The van der Waals surface area contributed by atoms with Crippen LogP contribution in [0, 0.1) is 0 Å². The van der Waals surface area contributed by atoms with E-state index in [2.05, 4.69) is 67.7 Å². The molecule has 34 heavy (non-hydrogen) atoms. The molecule has 9 heteroatoms. The van der Waals surface area contributed by atoms with E-state index in [1.54, 1.807) is 0 Å². The number of fused-ring (bicyclic) bond motifs is 1. The van der Waals surface area contributed by atoms with Crippen molar-refractivity contribution in [2.45, 2.75) is 112 Å². The van der Waals surface area contributed by atoms with Gasteiger partial charge in [0.15, 0.2) is 28.5 Å². The molecule has 2 saturated heterocycles. The Labute approximate surface area is 210 Å². The molecular formula is C25H43NO5SSi2. The Kier molecular flexibility index (Phi) is 7.28. The van der Waals surface area contributed by atoms with Crippen molar-refractivity contribution in [3.8, 4) is 0 Å². The summed E-state index contributed by atoms with van der Waals surface area (Å²) in [5.74, 6) is -0.247. The minimum absolute atomic E-state index is 0.114. The lowest BCUT2D eigenvalue weighted by Crippen LogP contribution is -2.61. The number of nitrogens with zero attached hydrogens (tertiary/aromatic N) is 1. The van der Waals surface area contributed by atoms with Crippen molar-refractivity contribution in [2.24, 2.45) is 0 Å². The van der Waals surface area contributed by atoms with Gasteiger partial charge in [-0.05, 0) is 54.8 Å². The molecule has 2 heterocycles. The van der Waals surface area contributed by atoms with Crippen LogP contribution in [0.15, 0.2) is 35.2 Å². The highest BCUT2D eigenvalue weighted by Crippen LogP contribution is 2.49. The smallest absolute Gasteiger partial charge is 0.255 e. The maximum Gasteiger partial charge on any atom is 0.255 e. The summed E-state index contributed by atoms with van der Waals surface area (Å²) in [4.78, 5) is 15.9. The van der Waals surface area contributed by atoms with Crippen LogP contribution in [0.3, 0.4) is 0 Å². The molecule has 2 fully saturated rings. The lowest BCUT2D eigenvalue weighted by molar-refractivity contribution is -0.145. The van der Waals surface area contributed by atoms with Crippen molar-refractivity contribution in [1.29, 1.82) is 0 Å². The van der Waals surface area contributed by atoms with Crippen molar-refractivity contribution in [3.63, 3.8) is 0 Å². The van der Waals surface area contributed by atoms with Crippen LogP contribution in [0.1, 0.15) is 48.0 Å². The molecule has 0 radical (unpaired) electrons. The Morgan fingerprint density at radius 3 is 1.97 bits per heavy atom. The highest BCUT2D eigenvalue weighted by Gasteiger charge is 2.69. The molecule has 0 bridgehead atoms. The molecule has 0 spiro atoms. The molecule has 2 unspecified atom stereocenters. The fraction of sp³-hybridized carbons (Fsp3) is 0.720. The minimum Gasteiger partial charge on any atom is -0.406 e. The fourth-order valence-electron chi connectivity index (χ4n) is 4.17. The molecule has 2 aliphatic rings. The topological polar surface area (TPSA) is 76.1 Å². The fourth-order valence-corrected chi connectivity index (χ4v) is 8.32. The molecule has 0 aromatic heterocycles. The van der Waals surface area contributed by atoms with Crippen LogP contribution < -0.4 is 0 Å². The number of rotatable bonds is 6. The van der Waals surface area contributed by atoms with Gasteiger partial charge in [0.25, 0.3) is 5.91 Å². The standard InChI is InChI=1S/C25H43NO5SSi2/c1-23(2,3)33(7,8)30-20-21(31-34(9,10)24(4,5)6)25(28)19(16-17-26(25)22(20)27)32(29)18-14-12-11-13-15-18/h11-15,19-21,28H,16-17H2,1-10H3/t19?,20-,21-,25-,32?/m1/s1. The van der Waals surface area contributed by atoms with Gasteiger partial charge in [0.05, 0.1) is 16.0 Å². The average Bonchev–Trinajstić information content (AvgIpc) is 3.14. The van der Waals surface area contributed by atoms with Crippen LogP contribution in [-0.2, 0) is 24.4 Å². The van der Waals surface area contributed by atoms with Crippen LogP contribution in [0.5, 0.6) is 0 Å². The van der Waals surface area contributed by atoms with E-state index in [-0.39, 0.29) is 16.0 Å². The molecule has 192 valence electrons. The predicted molar refractivity (Wildman–Crippen MR) is 142 cm³/mol. The zero-order valence-electron chi connectivity index (χ0n) is 22.5. The number of hydrogen-bond donors (Lipinski definition) is 1. The van der Waals surface area contributed by atoms with E-state index in [1.807, 2.05) is 30.3 Å².